The molecule has 0 aromatic carbocycles. The number of hydrogen-bond donors (Lipinski definition) is 3. The monoisotopic (exact) mass is 616 g/mol. The zero-order valence-corrected chi connectivity index (χ0v) is 21.1. The molecule has 20 heteroatoms. The Morgan fingerprint density at radius 3 is 2.33 bits per heavy atom. The smallest absolute Gasteiger partial charge is 0.475 e. The van der Waals surface area contributed by atoms with Crippen LogP contribution < -0.4 is 15.5 Å². The molecule has 1 amide bonds. The predicted molar refractivity (Wildman–Crippen MR) is 125 cm³/mol. The molecule has 0 unspecified atom stereocenters. The summed E-state index contributed by atoms with van der Waals surface area (Å²) in [5.41, 5.74) is -2.35. The van der Waals surface area contributed by atoms with Crippen molar-refractivity contribution in [1.29, 1.82) is 0 Å². The molecule has 3 aromatic heterocycles. The number of carboxylic acid groups (broad SMARTS) is 1. The number of nitrogens with zero attached hydrogens (tertiary/aromatic N) is 6. The zero-order chi connectivity index (χ0) is 31.1. The molecule has 1 aliphatic heterocycles. The Kier molecular flexibility index (Phi) is 8.04. The third kappa shape index (κ3) is 7.39. The van der Waals surface area contributed by atoms with Gasteiger partial charge in [-0.05, 0) is 18.9 Å². The molecule has 2 aliphatic rings. The lowest BCUT2D eigenvalue weighted by atomic mass is 10.1. The minimum atomic E-state index is -5.08. The first-order valence-electron chi connectivity index (χ1n) is 12.0. The highest BCUT2D eigenvalue weighted by molar-refractivity contribution is 6.08. The number of nitrogens with one attached hydrogen (secondary N) is 2. The lowest BCUT2D eigenvalue weighted by Gasteiger charge is -2.24. The molecule has 1 aliphatic carbocycles. The van der Waals surface area contributed by atoms with Gasteiger partial charge >= 0.3 is 24.5 Å². The first-order chi connectivity index (χ1) is 19.4. The van der Waals surface area contributed by atoms with Crippen molar-refractivity contribution in [3.63, 3.8) is 0 Å². The molecule has 0 radical (unpaired) electrons. The number of rotatable bonds is 4. The molecule has 1 spiro atoms. The molecule has 4 heterocycles. The maximum absolute atomic E-state index is 13.4. The van der Waals surface area contributed by atoms with E-state index in [4.69, 9.17) is 9.90 Å². The van der Waals surface area contributed by atoms with Crippen LogP contribution in [0, 0.1) is 5.41 Å². The average molecular weight is 616 g/mol. The first-order valence-corrected chi connectivity index (χ1v) is 12.0. The van der Waals surface area contributed by atoms with Gasteiger partial charge in [0.05, 0.1) is 11.9 Å². The van der Waals surface area contributed by atoms with Crippen molar-refractivity contribution in [2.45, 2.75) is 37.9 Å². The molecule has 0 bridgehead atoms. The molecule has 5 rings (SSSR count). The second-order valence-electron chi connectivity index (χ2n) is 9.67. The third-order valence-corrected chi connectivity index (χ3v) is 6.33. The number of carbonyl (C=O) groups is 2. The summed E-state index contributed by atoms with van der Waals surface area (Å²) in [6.45, 7) is 1.40. The summed E-state index contributed by atoms with van der Waals surface area (Å²) in [4.78, 5) is 28.4. The molecule has 1 saturated heterocycles. The second-order valence-corrected chi connectivity index (χ2v) is 9.67. The quantitative estimate of drug-likeness (QED) is 0.380. The van der Waals surface area contributed by atoms with E-state index in [0.717, 1.165) is 38.7 Å². The van der Waals surface area contributed by atoms with Crippen molar-refractivity contribution in [1.82, 2.24) is 29.7 Å². The third-order valence-electron chi connectivity index (χ3n) is 6.33. The second kappa shape index (κ2) is 11.0. The number of aromatic nitrogens is 5. The van der Waals surface area contributed by atoms with Crippen molar-refractivity contribution in [3.05, 3.63) is 35.9 Å². The Labute approximate surface area is 229 Å². The number of aliphatic carboxylic acids is 1. The fourth-order valence-corrected chi connectivity index (χ4v) is 4.19. The molecule has 230 valence electrons. The van der Waals surface area contributed by atoms with E-state index in [-0.39, 0.29) is 21.3 Å². The molecule has 3 N–H and O–H groups in total. The fourth-order valence-electron chi connectivity index (χ4n) is 4.19. The Morgan fingerprint density at radius 2 is 1.76 bits per heavy atom. The Bertz CT molecular complexity index is 1460. The van der Waals surface area contributed by atoms with Crippen LogP contribution in [0.25, 0.3) is 5.65 Å². The number of carboxylic acids is 1. The van der Waals surface area contributed by atoms with Crippen LogP contribution in [0.2, 0.25) is 0 Å². The summed E-state index contributed by atoms with van der Waals surface area (Å²) in [6, 6.07) is 1.74. The van der Waals surface area contributed by atoms with Gasteiger partial charge in [-0.25, -0.2) is 14.3 Å². The van der Waals surface area contributed by atoms with E-state index in [9.17, 15) is 44.3 Å². The number of alkyl halides is 9. The van der Waals surface area contributed by atoms with Gasteiger partial charge in [-0.3, -0.25) is 9.48 Å². The van der Waals surface area contributed by atoms with Crippen molar-refractivity contribution in [3.8, 4) is 0 Å². The maximum atomic E-state index is 13.4. The number of fused-ring (bicyclic) bond motifs is 1. The maximum Gasteiger partial charge on any atom is 0.490 e. The molecular formula is C22H21F9N8O3. The van der Waals surface area contributed by atoms with Gasteiger partial charge in [-0.1, -0.05) is 0 Å². The average Bonchev–Trinajstić information content (AvgIpc) is 3.39. The summed E-state index contributed by atoms with van der Waals surface area (Å²) < 4.78 is 111. The van der Waals surface area contributed by atoms with E-state index in [1.54, 1.807) is 12.3 Å². The molecular weight excluding hydrogens is 595 g/mol. The molecule has 1 saturated carbocycles. The van der Waals surface area contributed by atoms with Crippen molar-refractivity contribution in [2.24, 2.45) is 5.41 Å². The lowest BCUT2D eigenvalue weighted by Crippen LogP contribution is -2.31. The van der Waals surface area contributed by atoms with Crippen LogP contribution in [0.4, 0.5) is 51.0 Å². The minimum absolute atomic E-state index is 0.0893. The molecule has 42 heavy (non-hydrogen) atoms. The van der Waals surface area contributed by atoms with Crippen LogP contribution in [-0.4, -0.2) is 79.9 Å². The van der Waals surface area contributed by atoms with Gasteiger partial charge in [-0.2, -0.15) is 49.7 Å². The van der Waals surface area contributed by atoms with E-state index >= 15 is 0 Å². The highest BCUT2D eigenvalue weighted by atomic mass is 19.4. The van der Waals surface area contributed by atoms with E-state index < -0.39 is 48.3 Å². The molecule has 11 nitrogen and oxygen atoms in total. The number of halogens is 9. The Hall–Kier alpha value is -4.10. The van der Waals surface area contributed by atoms with E-state index in [0.29, 0.717) is 18.6 Å². The van der Waals surface area contributed by atoms with Crippen LogP contribution in [0.5, 0.6) is 0 Å². The molecule has 0 atom stereocenters. The summed E-state index contributed by atoms with van der Waals surface area (Å²) in [6.07, 6.45) is -9.52. The van der Waals surface area contributed by atoms with Gasteiger partial charge in [0, 0.05) is 44.0 Å². The topological polar surface area (TPSA) is 130 Å². The highest BCUT2D eigenvalue weighted by Crippen LogP contribution is 2.46. The predicted octanol–water partition coefficient (Wildman–Crippen LogP) is 3.58. The van der Waals surface area contributed by atoms with Crippen LogP contribution in [0.1, 0.15) is 28.9 Å². The standard InChI is InChI=1S/C20H20F6N8O.C2HF3O2/c21-19(22,23)11-33-8-13(15(31-33)20(24,25)26)29-17(35)12-7-28-34-5-1-14(30-16(12)34)32-6-4-27-9-18(10-32)2-3-18;3-2(4,5)1(6)7/h1,5,7-8,27H,2-4,6,9-11H2,(H,29,35);(H,6,7). The number of hydrogen-bond acceptors (Lipinski definition) is 7. The van der Waals surface area contributed by atoms with Gasteiger partial charge in [-0.15, -0.1) is 0 Å². The number of anilines is 2. The highest BCUT2D eigenvalue weighted by Gasteiger charge is 2.45. The van der Waals surface area contributed by atoms with Crippen LogP contribution in [0.3, 0.4) is 0 Å². The molecule has 2 fully saturated rings. The summed E-state index contributed by atoms with van der Waals surface area (Å²) in [5.74, 6) is -3.17. The SMILES string of the molecule is O=C(Nc1cn(CC(F)(F)F)nc1C(F)(F)F)c1cnn2ccc(N3CCNCC4(CC4)C3)nc12.O=C(O)C(F)(F)F. The van der Waals surface area contributed by atoms with Crippen molar-refractivity contribution >= 4 is 29.0 Å². The normalized spacial score (nSPS) is 17.0. The fraction of sp³-hybridized carbons (Fsp3) is 0.500. The van der Waals surface area contributed by atoms with E-state index in [2.05, 4.69) is 25.4 Å². The first kappa shape index (κ1) is 30.8. The zero-order valence-electron chi connectivity index (χ0n) is 21.1. The van der Waals surface area contributed by atoms with Gasteiger partial charge in [0.15, 0.2) is 11.3 Å². The number of amides is 1. The summed E-state index contributed by atoms with van der Waals surface area (Å²) in [5, 5.41) is 19.5. The van der Waals surface area contributed by atoms with Gasteiger partial charge in [0.1, 0.15) is 17.9 Å². The lowest BCUT2D eigenvalue weighted by molar-refractivity contribution is -0.192. The largest absolute Gasteiger partial charge is 0.490 e. The van der Waals surface area contributed by atoms with Crippen LogP contribution in [0.15, 0.2) is 24.7 Å². The van der Waals surface area contributed by atoms with Crippen molar-refractivity contribution in [2.75, 3.05) is 36.4 Å². The Balaban J connectivity index is 0.000000517. The van der Waals surface area contributed by atoms with Crippen LogP contribution in [-0.2, 0) is 17.5 Å². The summed E-state index contributed by atoms with van der Waals surface area (Å²) >= 11 is 0. The Morgan fingerprint density at radius 1 is 1.10 bits per heavy atom. The molecule has 3 aromatic rings. The number of carbonyl (C=O) groups excluding carboxylic acids is 1. The van der Waals surface area contributed by atoms with E-state index in [1.165, 1.54) is 4.52 Å². The van der Waals surface area contributed by atoms with Crippen LogP contribution >= 0.6 is 0 Å². The van der Waals surface area contributed by atoms with Gasteiger partial charge in [0.2, 0.25) is 0 Å². The van der Waals surface area contributed by atoms with Gasteiger partial charge in [0.25, 0.3) is 5.91 Å². The van der Waals surface area contributed by atoms with E-state index in [1.807, 2.05) is 5.32 Å². The van der Waals surface area contributed by atoms with Crippen molar-refractivity contribution < 1.29 is 54.2 Å². The minimum Gasteiger partial charge on any atom is -0.475 e. The van der Waals surface area contributed by atoms with Gasteiger partial charge < -0.3 is 20.6 Å². The summed E-state index contributed by atoms with van der Waals surface area (Å²) in [7, 11) is 0.